The summed E-state index contributed by atoms with van der Waals surface area (Å²) in [4.78, 5) is 18.9. The summed E-state index contributed by atoms with van der Waals surface area (Å²) in [6.07, 6.45) is 1.42. The number of para-hydroxylation sites is 1. The van der Waals surface area contributed by atoms with Crippen LogP contribution in [0, 0.1) is 5.82 Å². The third-order valence-electron chi connectivity index (χ3n) is 4.66. The van der Waals surface area contributed by atoms with Gasteiger partial charge in [0, 0.05) is 19.0 Å². The van der Waals surface area contributed by atoms with E-state index in [4.69, 9.17) is 16.3 Å². The standard InChI is InChI=1S/C24H18ClFN2O2/c1-28(15-16-7-3-2-4-8-16)24(29)22-19(25)10-6-12-21(22)30-18-13-17-9-5-11-20(26)23(17)27-14-18/h2-14H,15H2,1H3. The number of aromatic nitrogens is 1. The van der Waals surface area contributed by atoms with E-state index in [0.29, 0.717) is 23.4 Å². The minimum atomic E-state index is -0.403. The number of hydrogen-bond acceptors (Lipinski definition) is 3. The first-order valence-corrected chi connectivity index (χ1v) is 9.71. The van der Waals surface area contributed by atoms with E-state index in [-0.39, 0.29) is 22.0 Å². The van der Waals surface area contributed by atoms with Crippen LogP contribution in [-0.2, 0) is 6.54 Å². The highest BCUT2D eigenvalue weighted by molar-refractivity contribution is 6.34. The van der Waals surface area contributed by atoms with Crippen LogP contribution >= 0.6 is 11.6 Å². The van der Waals surface area contributed by atoms with Crippen LogP contribution in [-0.4, -0.2) is 22.8 Å². The molecule has 0 saturated heterocycles. The molecular weight excluding hydrogens is 403 g/mol. The summed E-state index contributed by atoms with van der Waals surface area (Å²) in [5.41, 5.74) is 1.52. The quantitative estimate of drug-likeness (QED) is 0.392. The van der Waals surface area contributed by atoms with Gasteiger partial charge in [0.2, 0.25) is 0 Å². The van der Waals surface area contributed by atoms with Gasteiger partial charge < -0.3 is 9.64 Å². The van der Waals surface area contributed by atoms with E-state index >= 15 is 0 Å². The number of pyridine rings is 1. The average Bonchev–Trinajstić information content (AvgIpc) is 2.74. The van der Waals surface area contributed by atoms with Gasteiger partial charge in [0.05, 0.1) is 11.2 Å². The summed E-state index contributed by atoms with van der Waals surface area (Å²) >= 11 is 6.36. The fourth-order valence-corrected chi connectivity index (χ4v) is 3.45. The van der Waals surface area contributed by atoms with Gasteiger partial charge in [-0.2, -0.15) is 0 Å². The minimum Gasteiger partial charge on any atom is -0.455 e. The molecule has 6 heteroatoms. The number of fused-ring (bicyclic) bond motifs is 1. The molecule has 0 aliphatic rings. The minimum absolute atomic E-state index is 0.259. The average molecular weight is 421 g/mol. The first-order valence-electron chi connectivity index (χ1n) is 9.33. The van der Waals surface area contributed by atoms with Gasteiger partial charge in [-0.1, -0.05) is 60.1 Å². The summed E-state index contributed by atoms with van der Waals surface area (Å²) in [5.74, 6) is 0.0274. The number of carbonyl (C=O) groups is 1. The Kier molecular flexibility index (Phi) is 5.63. The number of halogens is 2. The first-order chi connectivity index (χ1) is 14.5. The van der Waals surface area contributed by atoms with Crippen LogP contribution in [0.15, 0.2) is 79.0 Å². The van der Waals surface area contributed by atoms with Crippen molar-refractivity contribution in [2.75, 3.05) is 7.05 Å². The van der Waals surface area contributed by atoms with Gasteiger partial charge in [0.15, 0.2) is 0 Å². The Morgan fingerprint density at radius 2 is 1.83 bits per heavy atom. The van der Waals surface area contributed by atoms with Gasteiger partial charge in [0.1, 0.15) is 28.4 Å². The van der Waals surface area contributed by atoms with E-state index in [1.807, 2.05) is 30.3 Å². The van der Waals surface area contributed by atoms with Crippen LogP contribution in [0.25, 0.3) is 10.9 Å². The third-order valence-corrected chi connectivity index (χ3v) is 4.98. The van der Waals surface area contributed by atoms with Gasteiger partial charge in [-0.15, -0.1) is 0 Å². The van der Waals surface area contributed by atoms with Crippen LogP contribution in [0.4, 0.5) is 4.39 Å². The van der Waals surface area contributed by atoms with E-state index in [0.717, 1.165) is 5.56 Å². The molecule has 0 radical (unpaired) electrons. The second-order valence-electron chi connectivity index (χ2n) is 6.84. The lowest BCUT2D eigenvalue weighted by atomic mass is 10.1. The van der Waals surface area contributed by atoms with E-state index in [1.165, 1.54) is 12.3 Å². The maximum Gasteiger partial charge on any atom is 0.259 e. The van der Waals surface area contributed by atoms with Crippen molar-refractivity contribution in [2.24, 2.45) is 0 Å². The van der Waals surface area contributed by atoms with Crippen molar-refractivity contribution in [2.45, 2.75) is 6.54 Å². The summed E-state index contributed by atoms with van der Waals surface area (Å²) in [6.45, 7) is 0.432. The highest BCUT2D eigenvalue weighted by atomic mass is 35.5. The number of rotatable bonds is 5. The Balaban J connectivity index is 1.64. The second kappa shape index (κ2) is 8.51. The van der Waals surface area contributed by atoms with Crippen LogP contribution in [0.3, 0.4) is 0 Å². The lowest BCUT2D eigenvalue weighted by Crippen LogP contribution is -2.26. The molecule has 0 spiro atoms. The first kappa shape index (κ1) is 19.9. The number of ether oxygens (including phenoxy) is 1. The van der Waals surface area contributed by atoms with Crippen LogP contribution in [0.2, 0.25) is 5.02 Å². The molecule has 4 aromatic rings. The number of nitrogens with zero attached hydrogens (tertiary/aromatic N) is 2. The van der Waals surface area contributed by atoms with Crippen LogP contribution < -0.4 is 4.74 Å². The molecule has 4 rings (SSSR count). The maximum atomic E-state index is 13.9. The fourth-order valence-electron chi connectivity index (χ4n) is 3.20. The Hall–Kier alpha value is -3.44. The van der Waals surface area contributed by atoms with Crippen molar-refractivity contribution >= 4 is 28.4 Å². The number of carbonyl (C=O) groups excluding carboxylic acids is 1. The lowest BCUT2D eigenvalue weighted by Gasteiger charge is -2.20. The molecular formula is C24H18ClFN2O2. The number of benzene rings is 3. The molecule has 0 saturated carbocycles. The molecule has 3 aromatic carbocycles. The van der Waals surface area contributed by atoms with E-state index in [1.54, 1.807) is 48.3 Å². The molecule has 0 N–H and O–H groups in total. The maximum absolute atomic E-state index is 13.9. The van der Waals surface area contributed by atoms with E-state index < -0.39 is 5.82 Å². The molecule has 1 heterocycles. The molecule has 0 aliphatic heterocycles. The van der Waals surface area contributed by atoms with Gasteiger partial charge in [-0.25, -0.2) is 9.37 Å². The summed E-state index contributed by atoms with van der Waals surface area (Å²) in [6, 6.07) is 21.1. The van der Waals surface area contributed by atoms with Gasteiger partial charge >= 0.3 is 0 Å². The smallest absolute Gasteiger partial charge is 0.259 e. The molecule has 0 atom stereocenters. The van der Waals surface area contributed by atoms with Crippen LogP contribution in [0.5, 0.6) is 11.5 Å². The van der Waals surface area contributed by atoms with Crippen molar-refractivity contribution in [1.29, 1.82) is 0 Å². The molecule has 30 heavy (non-hydrogen) atoms. The molecule has 1 aromatic heterocycles. The molecule has 4 nitrogen and oxygen atoms in total. The third kappa shape index (κ3) is 4.11. The number of hydrogen-bond donors (Lipinski definition) is 0. The molecule has 150 valence electrons. The van der Waals surface area contributed by atoms with Crippen molar-refractivity contribution in [3.8, 4) is 11.5 Å². The lowest BCUT2D eigenvalue weighted by molar-refractivity contribution is 0.0782. The summed E-state index contributed by atoms with van der Waals surface area (Å²) in [5, 5.41) is 0.890. The highest BCUT2D eigenvalue weighted by Gasteiger charge is 2.21. The monoisotopic (exact) mass is 420 g/mol. The predicted octanol–water partition coefficient (Wildman–Crippen LogP) is 6.09. The predicted molar refractivity (Wildman–Crippen MR) is 115 cm³/mol. The zero-order valence-corrected chi connectivity index (χ0v) is 16.9. The van der Waals surface area contributed by atoms with Crippen molar-refractivity contribution in [3.05, 3.63) is 101 Å². The zero-order valence-electron chi connectivity index (χ0n) is 16.2. The Labute approximate surface area is 178 Å². The summed E-state index contributed by atoms with van der Waals surface area (Å²) < 4.78 is 19.8. The van der Waals surface area contributed by atoms with Crippen LogP contribution in [0.1, 0.15) is 15.9 Å². The topological polar surface area (TPSA) is 42.4 Å². The van der Waals surface area contributed by atoms with Gasteiger partial charge in [0.25, 0.3) is 5.91 Å². The Morgan fingerprint density at radius 3 is 2.63 bits per heavy atom. The molecule has 1 amide bonds. The van der Waals surface area contributed by atoms with E-state index in [9.17, 15) is 9.18 Å². The van der Waals surface area contributed by atoms with Crippen molar-refractivity contribution in [1.82, 2.24) is 9.88 Å². The molecule has 0 bridgehead atoms. The number of amides is 1. The SMILES string of the molecule is CN(Cc1ccccc1)C(=O)c1c(Cl)cccc1Oc1cnc2c(F)cccc2c1. The van der Waals surface area contributed by atoms with Gasteiger partial charge in [-0.3, -0.25) is 4.79 Å². The Bertz CT molecular complexity index is 1210. The van der Waals surface area contributed by atoms with Gasteiger partial charge in [-0.05, 0) is 29.8 Å². The molecule has 0 fully saturated rings. The Morgan fingerprint density at radius 1 is 1.07 bits per heavy atom. The fraction of sp³-hybridized carbons (Fsp3) is 0.0833. The van der Waals surface area contributed by atoms with E-state index in [2.05, 4.69) is 4.98 Å². The zero-order chi connectivity index (χ0) is 21.1. The van der Waals surface area contributed by atoms with Crippen molar-refractivity contribution < 1.29 is 13.9 Å². The largest absolute Gasteiger partial charge is 0.455 e. The second-order valence-corrected chi connectivity index (χ2v) is 7.25. The highest BCUT2D eigenvalue weighted by Crippen LogP contribution is 2.32. The summed E-state index contributed by atoms with van der Waals surface area (Å²) in [7, 11) is 1.71. The van der Waals surface area contributed by atoms with Crippen molar-refractivity contribution in [3.63, 3.8) is 0 Å². The normalized spacial score (nSPS) is 10.8. The molecule has 0 unspecified atom stereocenters. The molecule has 0 aliphatic carbocycles.